The smallest absolute Gasteiger partial charge is 0.249 e. The van der Waals surface area contributed by atoms with Crippen LogP contribution in [0.1, 0.15) is 6.42 Å². The van der Waals surface area contributed by atoms with Gasteiger partial charge in [0.2, 0.25) is 5.91 Å². The summed E-state index contributed by atoms with van der Waals surface area (Å²) in [5, 5.41) is 11.2. The van der Waals surface area contributed by atoms with Crippen molar-refractivity contribution in [3.63, 3.8) is 0 Å². The summed E-state index contributed by atoms with van der Waals surface area (Å²) in [5.74, 6) is -0.301. The summed E-state index contributed by atoms with van der Waals surface area (Å²) in [6.45, 7) is 3.55. The largest absolute Gasteiger partial charge is 0.383 e. The summed E-state index contributed by atoms with van der Waals surface area (Å²) in [6.07, 6.45) is -0.378. The monoisotopic (exact) mass is 114 g/mol. The minimum Gasteiger partial charge on any atom is -0.383 e. The molecule has 0 spiro atoms. The van der Waals surface area contributed by atoms with Crippen LogP contribution in [0.2, 0.25) is 0 Å². The van der Waals surface area contributed by atoms with Gasteiger partial charge < -0.3 is 10.4 Å². The lowest BCUT2D eigenvalue weighted by atomic mass is 10.2. The van der Waals surface area contributed by atoms with E-state index in [1.165, 1.54) is 0 Å². The van der Waals surface area contributed by atoms with Crippen molar-refractivity contribution >= 4 is 5.91 Å². The molecule has 1 heterocycles. The lowest BCUT2D eigenvalue weighted by Crippen LogP contribution is -2.25. The second-order valence-electron chi connectivity index (χ2n) is 1.96. The van der Waals surface area contributed by atoms with E-state index in [0.29, 0.717) is 6.42 Å². The van der Waals surface area contributed by atoms with Gasteiger partial charge in [0, 0.05) is 12.5 Å². The molecule has 1 aliphatic heterocycles. The van der Waals surface area contributed by atoms with Crippen LogP contribution in [0.15, 0.2) is 0 Å². The van der Waals surface area contributed by atoms with Crippen molar-refractivity contribution in [3.8, 4) is 0 Å². The number of carbonyl (C=O) groups is 1. The zero-order valence-corrected chi connectivity index (χ0v) is 4.42. The third-order valence-corrected chi connectivity index (χ3v) is 1.16. The molecule has 3 nitrogen and oxygen atoms in total. The highest BCUT2D eigenvalue weighted by molar-refractivity contribution is 5.83. The number of hydrogen-bond acceptors (Lipinski definition) is 2. The van der Waals surface area contributed by atoms with Crippen LogP contribution in [0.5, 0.6) is 0 Å². The Labute approximate surface area is 47.7 Å². The van der Waals surface area contributed by atoms with Crippen molar-refractivity contribution in [2.75, 3.05) is 0 Å². The van der Waals surface area contributed by atoms with Gasteiger partial charge in [0.05, 0.1) is 0 Å². The van der Waals surface area contributed by atoms with E-state index in [1.807, 2.05) is 0 Å². The maximum absolute atomic E-state index is 10.4. The molecule has 2 atom stereocenters. The van der Waals surface area contributed by atoms with Gasteiger partial charge in [-0.3, -0.25) is 4.79 Å². The Kier molecular flexibility index (Phi) is 1.21. The predicted molar refractivity (Wildman–Crippen MR) is 27.9 cm³/mol. The Morgan fingerprint density at radius 2 is 2.50 bits per heavy atom. The number of hydrogen-bond donors (Lipinski definition) is 2. The Morgan fingerprint density at radius 1 is 1.88 bits per heavy atom. The molecule has 2 N–H and O–H groups in total. The van der Waals surface area contributed by atoms with Gasteiger partial charge in [-0.25, -0.2) is 0 Å². The van der Waals surface area contributed by atoms with Gasteiger partial charge in [-0.1, -0.05) is 0 Å². The Hall–Kier alpha value is -0.570. The first-order valence-electron chi connectivity index (χ1n) is 2.51. The molecule has 0 bridgehead atoms. The zero-order chi connectivity index (χ0) is 6.15. The second kappa shape index (κ2) is 1.74. The second-order valence-corrected chi connectivity index (χ2v) is 1.96. The summed E-state index contributed by atoms with van der Waals surface area (Å²) in [5.41, 5.74) is 0. The molecule has 1 fully saturated rings. The molecule has 1 radical (unpaired) electrons. The van der Waals surface area contributed by atoms with Crippen molar-refractivity contribution < 1.29 is 9.90 Å². The highest BCUT2D eigenvalue weighted by Crippen LogP contribution is 2.04. The van der Waals surface area contributed by atoms with Crippen LogP contribution in [0, 0.1) is 6.92 Å². The van der Waals surface area contributed by atoms with Crippen LogP contribution in [0.25, 0.3) is 0 Å². The maximum atomic E-state index is 10.4. The molecule has 0 aromatic heterocycles. The first-order valence-corrected chi connectivity index (χ1v) is 2.51. The van der Waals surface area contributed by atoms with Crippen LogP contribution in [-0.2, 0) is 4.79 Å². The molecule has 1 rings (SSSR count). The topological polar surface area (TPSA) is 49.3 Å². The van der Waals surface area contributed by atoms with Gasteiger partial charge >= 0.3 is 0 Å². The molecule has 0 aromatic rings. The van der Waals surface area contributed by atoms with Crippen molar-refractivity contribution in [3.05, 3.63) is 6.92 Å². The Bertz CT molecular complexity index is 113. The molecular formula is C5H8NO2. The number of amides is 1. The summed E-state index contributed by atoms with van der Waals surface area (Å²) >= 11 is 0. The maximum Gasteiger partial charge on any atom is 0.249 e. The van der Waals surface area contributed by atoms with Gasteiger partial charge in [-0.2, -0.15) is 0 Å². The van der Waals surface area contributed by atoms with Crippen molar-refractivity contribution in [1.82, 2.24) is 5.32 Å². The molecule has 0 aromatic carbocycles. The number of rotatable bonds is 0. The summed E-state index contributed by atoms with van der Waals surface area (Å²) in [7, 11) is 0. The van der Waals surface area contributed by atoms with Gasteiger partial charge in [0.25, 0.3) is 0 Å². The van der Waals surface area contributed by atoms with Gasteiger partial charge in [0.15, 0.2) is 0 Å². The van der Waals surface area contributed by atoms with Crippen molar-refractivity contribution in [2.24, 2.45) is 0 Å². The molecule has 45 valence electrons. The van der Waals surface area contributed by atoms with Crippen LogP contribution >= 0.6 is 0 Å². The van der Waals surface area contributed by atoms with E-state index in [9.17, 15) is 4.79 Å². The molecule has 1 amide bonds. The number of aliphatic hydroxyl groups is 1. The molecular weight excluding hydrogens is 106 g/mol. The summed E-state index contributed by atoms with van der Waals surface area (Å²) in [4.78, 5) is 10.4. The van der Waals surface area contributed by atoms with Gasteiger partial charge in [0.1, 0.15) is 6.10 Å². The average Bonchev–Trinajstić information content (AvgIpc) is 1.85. The summed E-state index contributed by atoms with van der Waals surface area (Å²) in [6, 6.07) is -0.0995. The minimum absolute atomic E-state index is 0.0995. The van der Waals surface area contributed by atoms with Gasteiger partial charge in [-0.05, 0) is 6.92 Å². The fraction of sp³-hybridized carbons (Fsp3) is 0.600. The van der Waals surface area contributed by atoms with Crippen molar-refractivity contribution in [2.45, 2.75) is 18.6 Å². The molecule has 1 saturated heterocycles. The fourth-order valence-corrected chi connectivity index (χ4v) is 0.733. The average molecular weight is 114 g/mol. The van der Waals surface area contributed by atoms with Crippen LogP contribution in [0.3, 0.4) is 0 Å². The first kappa shape index (κ1) is 5.56. The lowest BCUT2D eigenvalue weighted by Gasteiger charge is -1.94. The molecule has 3 heteroatoms. The molecule has 0 saturated carbocycles. The minimum atomic E-state index is -0.822. The Morgan fingerprint density at radius 3 is 2.62 bits per heavy atom. The fourth-order valence-electron chi connectivity index (χ4n) is 0.733. The van der Waals surface area contributed by atoms with E-state index in [-0.39, 0.29) is 11.9 Å². The van der Waals surface area contributed by atoms with Crippen LogP contribution < -0.4 is 5.32 Å². The Balaban J connectivity index is 2.51. The SMILES string of the molecule is [CH2]C1CC(O)C(=O)N1. The molecule has 0 aliphatic carbocycles. The molecule has 8 heavy (non-hydrogen) atoms. The lowest BCUT2D eigenvalue weighted by molar-refractivity contribution is -0.126. The van der Waals surface area contributed by atoms with Crippen LogP contribution in [-0.4, -0.2) is 23.2 Å². The number of nitrogens with one attached hydrogen (secondary N) is 1. The number of aliphatic hydroxyl groups excluding tert-OH is 1. The highest BCUT2D eigenvalue weighted by Gasteiger charge is 2.26. The normalized spacial score (nSPS) is 37.5. The third kappa shape index (κ3) is 0.816. The van der Waals surface area contributed by atoms with E-state index in [2.05, 4.69) is 12.2 Å². The van der Waals surface area contributed by atoms with E-state index >= 15 is 0 Å². The van der Waals surface area contributed by atoms with Crippen LogP contribution in [0.4, 0.5) is 0 Å². The van der Waals surface area contributed by atoms with E-state index < -0.39 is 6.10 Å². The molecule has 2 unspecified atom stereocenters. The predicted octanol–water partition coefficient (Wildman–Crippen LogP) is -0.930. The highest BCUT2D eigenvalue weighted by atomic mass is 16.3. The quantitative estimate of drug-likeness (QED) is 0.427. The van der Waals surface area contributed by atoms with Gasteiger partial charge in [-0.15, -0.1) is 0 Å². The summed E-state index contributed by atoms with van der Waals surface area (Å²) < 4.78 is 0. The molecule has 1 aliphatic rings. The number of carbonyl (C=O) groups excluding carboxylic acids is 1. The van der Waals surface area contributed by atoms with E-state index in [4.69, 9.17) is 5.11 Å². The van der Waals surface area contributed by atoms with Crippen molar-refractivity contribution in [1.29, 1.82) is 0 Å². The first-order chi connectivity index (χ1) is 3.70. The zero-order valence-electron chi connectivity index (χ0n) is 4.42. The third-order valence-electron chi connectivity index (χ3n) is 1.16. The van der Waals surface area contributed by atoms with E-state index in [0.717, 1.165) is 0 Å². The van der Waals surface area contributed by atoms with E-state index in [1.54, 1.807) is 0 Å². The standard InChI is InChI=1S/C5H8NO2/c1-3-2-4(7)5(8)6-3/h3-4,7H,1-2H2,(H,6,8).